The number of rotatable bonds is 5. The van der Waals surface area contributed by atoms with Crippen molar-refractivity contribution in [3.63, 3.8) is 0 Å². The number of pyridine rings is 1. The summed E-state index contributed by atoms with van der Waals surface area (Å²) in [6.45, 7) is 0.695. The molecule has 1 aliphatic carbocycles. The topological polar surface area (TPSA) is 82.5 Å². The van der Waals surface area contributed by atoms with Gasteiger partial charge in [-0.2, -0.15) is 0 Å². The zero-order chi connectivity index (χ0) is 13.7. The van der Waals surface area contributed by atoms with Crippen LogP contribution in [0.15, 0.2) is 18.3 Å². The Labute approximate surface area is 112 Å². The van der Waals surface area contributed by atoms with Crippen LogP contribution < -0.4 is 5.32 Å². The first kappa shape index (κ1) is 14.0. The number of aromatic carboxylic acids is 1. The predicted molar refractivity (Wildman–Crippen MR) is 70.9 cm³/mol. The van der Waals surface area contributed by atoms with Gasteiger partial charge in [-0.15, -0.1) is 0 Å². The van der Waals surface area contributed by atoms with Gasteiger partial charge < -0.3 is 15.5 Å². The molecule has 0 aliphatic heterocycles. The molecule has 1 aliphatic rings. The van der Waals surface area contributed by atoms with Crippen LogP contribution in [0.4, 0.5) is 0 Å². The van der Waals surface area contributed by atoms with Crippen LogP contribution in [-0.2, 0) is 6.54 Å². The number of hydrogen-bond donors (Lipinski definition) is 3. The number of hydrogen-bond acceptors (Lipinski definition) is 4. The van der Waals surface area contributed by atoms with E-state index in [1.54, 1.807) is 12.1 Å². The molecule has 2 rings (SSSR count). The van der Waals surface area contributed by atoms with Crippen molar-refractivity contribution in [3.05, 3.63) is 29.6 Å². The summed E-state index contributed by atoms with van der Waals surface area (Å²) in [5.41, 5.74) is 0.799. The number of carboxylic acid groups (broad SMARTS) is 1. The number of aromatic nitrogens is 1. The molecule has 0 spiro atoms. The van der Waals surface area contributed by atoms with Crippen molar-refractivity contribution in [1.29, 1.82) is 0 Å². The van der Waals surface area contributed by atoms with Crippen LogP contribution in [0.25, 0.3) is 0 Å². The highest BCUT2D eigenvalue weighted by molar-refractivity contribution is 5.87. The summed E-state index contributed by atoms with van der Waals surface area (Å²) in [5.74, 6) is -0.967. The van der Waals surface area contributed by atoms with E-state index in [9.17, 15) is 9.90 Å². The molecular formula is C14H20N2O3. The average Bonchev–Trinajstić information content (AvgIpc) is 2.46. The van der Waals surface area contributed by atoms with E-state index in [1.165, 1.54) is 12.6 Å². The van der Waals surface area contributed by atoms with E-state index in [0.29, 0.717) is 6.54 Å². The molecule has 1 saturated carbocycles. The predicted octanol–water partition coefficient (Wildman–Crippen LogP) is 1.56. The van der Waals surface area contributed by atoms with E-state index in [-0.39, 0.29) is 17.7 Å². The van der Waals surface area contributed by atoms with E-state index in [1.807, 2.05) is 0 Å². The lowest BCUT2D eigenvalue weighted by molar-refractivity contribution is 0.0696. The van der Waals surface area contributed by atoms with Gasteiger partial charge >= 0.3 is 5.97 Å². The van der Waals surface area contributed by atoms with Gasteiger partial charge in [-0.3, -0.25) is 4.98 Å². The summed E-state index contributed by atoms with van der Waals surface area (Å²) in [6.07, 6.45) is 6.84. The first-order chi connectivity index (χ1) is 9.15. The van der Waals surface area contributed by atoms with Crippen molar-refractivity contribution < 1.29 is 15.0 Å². The highest BCUT2D eigenvalue weighted by atomic mass is 16.4. The fourth-order valence-electron chi connectivity index (χ4n) is 2.55. The van der Waals surface area contributed by atoms with Crippen molar-refractivity contribution in [2.24, 2.45) is 0 Å². The summed E-state index contributed by atoms with van der Waals surface area (Å²) in [6, 6.07) is 3.27. The third-order valence-corrected chi connectivity index (χ3v) is 3.83. The van der Waals surface area contributed by atoms with Crippen molar-refractivity contribution >= 4 is 5.97 Å². The minimum atomic E-state index is -0.967. The molecule has 0 unspecified atom stereocenters. The SMILES string of the molecule is O=C(O)c1ccc(CNC2(CO)CCCCC2)nc1. The molecule has 3 N–H and O–H groups in total. The summed E-state index contributed by atoms with van der Waals surface area (Å²) in [7, 11) is 0. The first-order valence-electron chi connectivity index (χ1n) is 6.69. The fraction of sp³-hybridized carbons (Fsp3) is 0.571. The van der Waals surface area contributed by atoms with Gasteiger partial charge in [0.15, 0.2) is 0 Å². The lowest BCUT2D eigenvalue weighted by Crippen LogP contribution is -2.49. The summed E-state index contributed by atoms with van der Waals surface area (Å²) >= 11 is 0. The largest absolute Gasteiger partial charge is 0.478 e. The highest BCUT2D eigenvalue weighted by Gasteiger charge is 2.30. The Bertz CT molecular complexity index is 425. The molecule has 0 saturated heterocycles. The van der Waals surface area contributed by atoms with E-state index in [2.05, 4.69) is 10.3 Å². The highest BCUT2D eigenvalue weighted by Crippen LogP contribution is 2.27. The molecule has 5 nitrogen and oxygen atoms in total. The second-order valence-electron chi connectivity index (χ2n) is 5.20. The smallest absolute Gasteiger partial charge is 0.337 e. The number of carbonyl (C=O) groups is 1. The van der Waals surface area contributed by atoms with Crippen LogP contribution in [0.3, 0.4) is 0 Å². The molecule has 0 radical (unpaired) electrons. The normalized spacial score (nSPS) is 18.2. The third-order valence-electron chi connectivity index (χ3n) is 3.83. The number of aliphatic hydroxyl groups excluding tert-OH is 1. The maximum Gasteiger partial charge on any atom is 0.337 e. The number of nitrogens with one attached hydrogen (secondary N) is 1. The number of nitrogens with zero attached hydrogens (tertiary/aromatic N) is 1. The van der Waals surface area contributed by atoms with Gasteiger partial charge in [0, 0.05) is 18.3 Å². The zero-order valence-electron chi connectivity index (χ0n) is 10.9. The summed E-state index contributed by atoms with van der Waals surface area (Å²) in [5, 5.41) is 21.8. The van der Waals surface area contributed by atoms with Crippen LogP contribution in [-0.4, -0.2) is 33.3 Å². The Balaban J connectivity index is 1.95. The molecule has 0 amide bonds. The first-order valence-corrected chi connectivity index (χ1v) is 6.69. The Hall–Kier alpha value is -1.46. The van der Waals surface area contributed by atoms with Gasteiger partial charge in [-0.25, -0.2) is 4.79 Å². The Morgan fingerprint density at radius 2 is 2.05 bits per heavy atom. The zero-order valence-corrected chi connectivity index (χ0v) is 10.9. The number of aliphatic hydroxyl groups is 1. The quantitative estimate of drug-likeness (QED) is 0.752. The van der Waals surface area contributed by atoms with Crippen molar-refractivity contribution in [2.45, 2.75) is 44.2 Å². The van der Waals surface area contributed by atoms with E-state index in [4.69, 9.17) is 5.11 Å². The third kappa shape index (κ3) is 3.52. The molecule has 1 heterocycles. The Morgan fingerprint density at radius 1 is 1.32 bits per heavy atom. The fourth-order valence-corrected chi connectivity index (χ4v) is 2.55. The number of carboxylic acids is 1. The standard InChI is InChI=1S/C14H20N2O3/c17-10-14(6-2-1-3-7-14)16-9-12-5-4-11(8-15-12)13(18)19/h4-5,8,16-17H,1-3,6-7,9-10H2,(H,18,19). The van der Waals surface area contributed by atoms with Gasteiger partial charge in [0.25, 0.3) is 0 Å². The lowest BCUT2D eigenvalue weighted by Gasteiger charge is -2.36. The average molecular weight is 264 g/mol. The molecule has 5 heteroatoms. The van der Waals surface area contributed by atoms with Crippen molar-refractivity contribution in [1.82, 2.24) is 10.3 Å². The lowest BCUT2D eigenvalue weighted by atomic mass is 9.82. The molecular weight excluding hydrogens is 244 g/mol. The van der Waals surface area contributed by atoms with Gasteiger partial charge in [0.2, 0.25) is 0 Å². The van der Waals surface area contributed by atoms with Crippen LogP contribution in [0.5, 0.6) is 0 Å². The molecule has 1 fully saturated rings. The molecule has 104 valence electrons. The van der Waals surface area contributed by atoms with E-state index < -0.39 is 5.97 Å². The van der Waals surface area contributed by atoms with Gasteiger partial charge in [0.1, 0.15) is 0 Å². The monoisotopic (exact) mass is 264 g/mol. The second kappa shape index (κ2) is 6.12. The minimum absolute atomic E-state index is 0.139. The summed E-state index contributed by atoms with van der Waals surface area (Å²) in [4.78, 5) is 14.9. The van der Waals surface area contributed by atoms with Crippen LogP contribution >= 0.6 is 0 Å². The van der Waals surface area contributed by atoms with Crippen molar-refractivity contribution in [2.75, 3.05) is 6.61 Å². The van der Waals surface area contributed by atoms with Gasteiger partial charge in [-0.05, 0) is 25.0 Å². The minimum Gasteiger partial charge on any atom is -0.478 e. The van der Waals surface area contributed by atoms with E-state index >= 15 is 0 Å². The molecule has 0 aromatic carbocycles. The van der Waals surface area contributed by atoms with Crippen LogP contribution in [0, 0.1) is 0 Å². The maximum absolute atomic E-state index is 10.7. The van der Waals surface area contributed by atoms with Gasteiger partial charge in [0.05, 0.1) is 17.9 Å². The molecule has 0 bridgehead atoms. The van der Waals surface area contributed by atoms with Gasteiger partial charge in [-0.1, -0.05) is 19.3 Å². The summed E-state index contributed by atoms with van der Waals surface area (Å²) < 4.78 is 0. The molecule has 1 aromatic heterocycles. The second-order valence-corrected chi connectivity index (χ2v) is 5.20. The van der Waals surface area contributed by atoms with Crippen LogP contribution in [0.1, 0.15) is 48.2 Å². The Morgan fingerprint density at radius 3 is 2.58 bits per heavy atom. The molecule has 0 atom stereocenters. The van der Waals surface area contributed by atoms with Crippen molar-refractivity contribution in [3.8, 4) is 0 Å². The Kier molecular flexibility index (Phi) is 4.50. The molecule has 19 heavy (non-hydrogen) atoms. The van der Waals surface area contributed by atoms with Crippen LogP contribution in [0.2, 0.25) is 0 Å². The maximum atomic E-state index is 10.7. The van der Waals surface area contributed by atoms with E-state index in [0.717, 1.165) is 31.4 Å². The molecule has 1 aromatic rings.